The monoisotopic (exact) mass is 666 g/mol. The Morgan fingerprint density at radius 2 is 1.10 bits per heavy atom. The summed E-state index contributed by atoms with van der Waals surface area (Å²) in [5.74, 6) is 0.389. The molecule has 3 heterocycles. The molecule has 0 unspecified atom stereocenters. The number of nitrogens with zero attached hydrogens (tertiary/aromatic N) is 4. The van der Waals surface area contributed by atoms with Crippen molar-refractivity contribution in [2.45, 2.75) is 0 Å². The molecule has 0 aliphatic heterocycles. The molecule has 0 N–H and O–H groups in total. The summed E-state index contributed by atoms with van der Waals surface area (Å²) in [6.45, 7) is 0. The summed E-state index contributed by atoms with van der Waals surface area (Å²) in [4.78, 5) is 26.7. The second-order valence-corrected chi connectivity index (χ2v) is 13.2. The lowest BCUT2D eigenvalue weighted by Gasteiger charge is -2.12. The van der Waals surface area contributed by atoms with Gasteiger partial charge in [-0.3, -0.25) is 0 Å². The van der Waals surface area contributed by atoms with Gasteiger partial charge in [-0.05, 0) is 91.0 Å². The van der Waals surface area contributed by atoms with Crippen LogP contribution in [0.25, 0.3) is 104 Å². The van der Waals surface area contributed by atoms with Gasteiger partial charge in [0.05, 0.1) is 5.52 Å². The summed E-state index contributed by atoms with van der Waals surface area (Å²) in [7, 11) is 0. The maximum absolute atomic E-state index is 13.0. The molecule has 0 bridgehead atoms. The normalized spacial score (nSPS) is 11.9. The summed E-state index contributed by atoms with van der Waals surface area (Å²) >= 11 is 0. The zero-order chi connectivity index (χ0) is 34.3. The van der Waals surface area contributed by atoms with E-state index < -0.39 is 5.69 Å². The van der Waals surface area contributed by atoms with Crippen LogP contribution in [-0.4, -0.2) is 19.4 Å². The highest BCUT2D eigenvalue weighted by Gasteiger charge is 2.17. The fourth-order valence-corrected chi connectivity index (χ4v) is 7.87. The maximum atomic E-state index is 13.0. The van der Waals surface area contributed by atoms with Gasteiger partial charge in [-0.15, -0.1) is 0 Å². The van der Waals surface area contributed by atoms with Crippen molar-refractivity contribution in [3.8, 4) is 33.6 Å². The molecule has 52 heavy (non-hydrogen) atoms. The number of furan rings is 1. The van der Waals surface area contributed by atoms with E-state index in [1.807, 2.05) is 48.5 Å². The topological polar surface area (TPSA) is 73.3 Å². The second-order valence-electron chi connectivity index (χ2n) is 13.2. The first-order valence-corrected chi connectivity index (χ1v) is 17.2. The van der Waals surface area contributed by atoms with E-state index in [4.69, 9.17) is 9.40 Å². The summed E-state index contributed by atoms with van der Waals surface area (Å²) in [5.41, 5.74) is 7.57. The molecular weight excluding hydrogens is 641 g/mol. The number of aromatic nitrogens is 4. The molecule has 0 spiro atoms. The molecule has 0 saturated carbocycles. The van der Waals surface area contributed by atoms with E-state index >= 15 is 0 Å². The third-order valence-electron chi connectivity index (χ3n) is 10.3. The Labute approximate surface area is 295 Å². The third-order valence-corrected chi connectivity index (χ3v) is 10.3. The molecule has 242 valence electrons. The minimum Gasteiger partial charge on any atom is -0.456 e. The maximum Gasteiger partial charge on any atom is 0.356 e. The van der Waals surface area contributed by atoms with Gasteiger partial charge in [0.1, 0.15) is 17.5 Å². The molecular formula is C46H26N4O2. The average molecular weight is 667 g/mol. The molecule has 0 saturated heterocycles. The quantitative estimate of drug-likeness (QED) is 0.175. The molecule has 11 aromatic rings. The standard InChI is InChI=1S/C46H26N4O2/c51-46-49-44(27-9-2-1-3-10-27)48-45-37-21-18-30(25-40(37)47-26-50(45)46)31-15-8-16-42-43(31)39-24-29(19-22-41(39)52-42)28-17-20-36-34-13-5-4-11-32(34)33-12-6-7-14-35(33)38(36)23-28/h1-26H. The Bertz CT molecular complexity index is 3290. The Kier molecular flexibility index (Phi) is 6.01. The SMILES string of the molecule is O=c1nc(-c2ccccc2)nc2c3ccc(-c4cccc5oc6ccc(-c7ccc8c9ccccc9c9ccccc9c8c7)cc6c45)cc3ncn12. The Balaban J connectivity index is 1.08. The molecule has 11 rings (SSSR count). The van der Waals surface area contributed by atoms with Gasteiger partial charge < -0.3 is 4.42 Å². The molecule has 0 aliphatic rings. The van der Waals surface area contributed by atoms with E-state index in [1.165, 1.54) is 43.0 Å². The highest BCUT2D eigenvalue weighted by Crippen LogP contribution is 2.41. The third kappa shape index (κ3) is 4.25. The van der Waals surface area contributed by atoms with E-state index in [1.54, 1.807) is 0 Å². The van der Waals surface area contributed by atoms with Gasteiger partial charge in [-0.1, -0.05) is 115 Å². The molecule has 8 aromatic carbocycles. The number of hydrogen-bond acceptors (Lipinski definition) is 5. The van der Waals surface area contributed by atoms with Crippen molar-refractivity contribution in [3.05, 3.63) is 168 Å². The Morgan fingerprint density at radius 3 is 1.87 bits per heavy atom. The fraction of sp³-hybridized carbons (Fsp3) is 0. The minimum absolute atomic E-state index is 0.389. The van der Waals surface area contributed by atoms with Gasteiger partial charge in [0.25, 0.3) is 0 Å². The van der Waals surface area contributed by atoms with Crippen molar-refractivity contribution < 1.29 is 4.42 Å². The first kappa shape index (κ1) is 28.6. The van der Waals surface area contributed by atoms with E-state index in [-0.39, 0.29) is 0 Å². The number of rotatable bonds is 3. The van der Waals surface area contributed by atoms with E-state index in [0.717, 1.165) is 60.7 Å². The lowest BCUT2D eigenvalue weighted by Crippen LogP contribution is -2.19. The molecule has 6 nitrogen and oxygen atoms in total. The van der Waals surface area contributed by atoms with Crippen LogP contribution < -0.4 is 5.69 Å². The van der Waals surface area contributed by atoms with Crippen LogP contribution >= 0.6 is 0 Å². The molecule has 0 fully saturated rings. The first-order valence-electron chi connectivity index (χ1n) is 17.2. The second kappa shape index (κ2) is 10.9. The van der Waals surface area contributed by atoms with Crippen molar-refractivity contribution in [2.24, 2.45) is 0 Å². The predicted octanol–water partition coefficient (Wildman–Crippen LogP) is 11.0. The largest absolute Gasteiger partial charge is 0.456 e. The number of fused-ring (bicyclic) bond motifs is 12. The van der Waals surface area contributed by atoms with Gasteiger partial charge in [-0.2, -0.15) is 4.98 Å². The highest BCUT2D eigenvalue weighted by molar-refractivity contribution is 6.26. The summed E-state index contributed by atoms with van der Waals surface area (Å²) < 4.78 is 7.83. The zero-order valence-electron chi connectivity index (χ0n) is 27.6. The van der Waals surface area contributed by atoms with Gasteiger partial charge in [0.15, 0.2) is 11.5 Å². The Hall–Kier alpha value is -7.18. The van der Waals surface area contributed by atoms with E-state index in [9.17, 15) is 4.79 Å². The average Bonchev–Trinajstić information content (AvgIpc) is 3.59. The number of benzene rings is 8. The van der Waals surface area contributed by atoms with Crippen LogP contribution in [0.5, 0.6) is 0 Å². The van der Waals surface area contributed by atoms with Gasteiger partial charge in [0.2, 0.25) is 0 Å². The minimum atomic E-state index is -0.416. The van der Waals surface area contributed by atoms with Crippen LogP contribution in [0, 0.1) is 0 Å². The zero-order valence-corrected chi connectivity index (χ0v) is 27.6. The lowest BCUT2D eigenvalue weighted by molar-refractivity contribution is 0.669. The number of hydrogen-bond donors (Lipinski definition) is 0. The summed E-state index contributed by atoms with van der Waals surface area (Å²) in [6.07, 6.45) is 1.51. The predicted molar refractivity (Wildman–Crippen MR) is 211 cm³/mol. The van der Waals surface area contributed by atoms with E-state index in [2.05, 4.69) is 113 Å². The molecule has 0 atom stereocenters. The molecule has 0 radical (unpaired) electrons. The van der Waals surface area contributed by atoms with Gasteiger partial charge >= 0.3 is 5.69 Å². The fourth-order valence-electron chi connectivity index (χ4n) is 7.87. The van der Waals surface area contributed by atoms with Crippen LogP contribution in [0.15, 0.2) is 167 Å². The summed E-state index contributed by atoms with van der Waals surface area (Å²) in [5, 5.41) is 10.4. The van der Waals surface area contributed by atoms with Crippen molar-refractivity contribution in [3.63, 3.8) is 0 Å². The van der Waals surface area contributed by atoms with Crippen LogP contribution in [0.2, 0.25) is 0 Å². The molecule has 0 amide bonds. The first-order chi connectivity index (χ1) is 25.7. The summed E-state index contributed by atoms with van der Waals surface area (Å²) in [6, 6.07) is 52.4. The van der Waals surface area contributed by atoms with Crippen LogP contribution in [0.1, 0.15) is 0 Å². The molecule has 0 aliphatic carbocycles. The Morgan fingerprint density at radius 1 is 0.462 bits per heavy atom. The van der Waals surface area contributed by atoms with Crippen LogP contribution in [0.3, 0.4) is 0 Å². The van der Waals surface area contributed by atoms with Crippen molar-refractivity contribution >= 4 is 70.8 Å². The van der Waals surface area contributed by atoms with Crippen molar-refractivity contribution in [1.82, 2.24) is 19.4 Å². The lowest BCUT2D eigenvalue weighted by atomic mass is 9.91. The van der Waals surface area contributed by atoms with Crippen LogP contribution in [-0.2, 0) is 0 Å². The van der Waals surface area contributed by atoms with Crippen molar-refractivity contribution in [2.75, 3.05) is 0 Å². The molecule has 6 heteroatoms. The van der Waals surface area contributed by atoms with E-state index in [0.29, 0.717) is 11.5 Å². The van der Waals surface area contributed by atoms with Crippen molar-refractivity contribution in [1.29, 1.82) is 0 Å². The van der Waals surface area contributed by atoms with Gasteiger partial charge in [-0.25, -0.2) is 19.2 Å². The van der Waals surface area contributed by atoms with Gasteiger partial charge in [0, 0.05) is 21.7 Å². The molecule has 3 aromatic heterocycles. The van der Waals surface area contributed by atoms with Crippen LogP contribution in [0.4, 0.5) is 0 Å². The highest BCUT2D eigenvalue weighted by atomic mass is 16.3. The smallest absolute Gasteiger partial charge is 0.356 e.